The van der Waals surface area contributed by atoms with Gasteiger partial charge in [0, 0.05) is 0 Å². The fraction of sp³-hybridized carbons (Fsp3) is 0.500. The fourth-order valence-corrected chi connectivity index (χ4v) is 1.21. The summed E-state index contributed by atoms with van der Waals surface area (Å²) in [6, 6.07) is 8.33. The van der Waals surface area contributed by atoms with Gasteiger partial charge in [0.1, 0.15) is 12.6 Å². The smallest absolute Gasteiger partial charge is 0.104 e. The molecule has 0 fully saturated rings. The molecule has 0 aromatic heterocycles. The third-order valence-corrected chi connectivity index (χ3v) is 1.56. The van der Waals surface area contributed by atoms with E-state index in [0.29, 0.717) is 0 Å². The van der Waals surface area contributed by atoms with Crippen LogP contribution in [-0.4, -0.2) is 43.4 Å². The highest BCUT2D eigenvalue weighted by molar-refractivity contribution is 5.17. The normalized spacial score (nSPS) is 12.6. The maximum Gasteiger partial charge on any atom is 0.104 e. The Kier molecular flexibility index (Phi) is 5.97. The van der Waals surface area contributed by atoms with Gasteiger partial charge in [0.15, 0.2) is 0 Å². The zero-order valence-corrected chi connectivity index (χ0v) is 9.97. The lowest BCUT2D eigenvalue weighted by molar-refractivity contribution is -0.873. The van der Waals surface area contributed by atoms with Crippen LogP contribution in [0.1, 0.15) is 6.92 Å². The van der Waals surface area contributed by atoms with Crippen molar-refractivity contribution in [3.8, 4) is 5.75 Å². The first-order valence-electron chi connectivity index (χ1n) is 5.02. The molecule has 1 aromatic carbocycles. The Balaban J connectivity index is 0.000000262. The minimum Gasteiger partial charge on any atom is -0.872 e. The van der Waals surface area contributed by atoms with Gasteiger partial charge in [0.2, 0.25) is 0 Å². The third kappa shape index (κ3) is 10.9. The van der Waals surface area contributed by atoms with Crippen molar-refractivity contribution in [3.05, 3.63) is 30.3 Å². The maximum absolute atomic E-state index is 10.3. The molecule has 1 aromatic rings. The van der Waals surface area contributed by atoms with Crippen molar-refractivity contribution >= 4 is 0 Å². The summed E-state index contributed by atoms with van der Waals surface area (Å²) < 4.78 is 0.831. The zero-order valence-electron chi connectivity index (χ0n) is 9.97. The molecule has 0 spiro atoms. The minimum atomic E-state index is -0.185. The maximum atomic E-state index is 10.3. The van der Waals surface area contributed by atoms with Gasteiger partial charge in [-0.25, -0.2) is 0 Å². The fourth-order valence-electron chi connectivity index (χ4n) is 1.21. The SMILES string of the molecule is CC(O)C[N+](C)(C)C.[O-]c1ccccc1. The number of likely N-dealkylation sites (N-methyl/N-ethyl adjacent to an activating group) is 1. The van der Waals surface area contributed by atoms with Crippen LogP contribution in [0.3, 0.4) is 0 Å². The van der Waals surface area contributed by atoms with E-state index in [2.05, 4.69) is 21.1 Å². The standard InChI is InChI=1S/C6H16NO.C6H6O/c1-6(8)5-7(2,3)4;7-6-4-2-1-3-5-6/h6,8H,5H2,1-4H3;1-5,7H/q+1;/p-1. The molecule has 0 aliphatic heterocycles. The molecule has 3 heteroatoms. The van der Waals surface area contributed by atoms with E-state index in [1.54, 1.807) is 12.1 Å². The van der Waals surface area contributed by atoms with Crippen molar-refractivity contribution in [2.75, 3.05) is 27.7 Å². The molecule has 1 unspecified atom stereocenters. The lowest BCUT2D eigenvalue weighted by Crippen LogP contribution is -2.40. The van der Waals surface area contributed by atoms with E-state index >= 15 is 0 Å². The molecule has 0 aliphatic rings. The van der Waals surface area contributed by atoms with Gasteiger partial charge in [0.05, 0.1) is 21.1 Å². The van der Waals surface area contributed by atoms with Crippen LogP contribution in [0.2, 0.25) is 0 Å². The van der Waals surface area contributed by atoms with Crippen LogP contribution >= 0.6 is 0 Å². The quantitative estimate of drug-likeness (QED) is 0.736. The van der Waals surface area contributed by atoms with Gasteiger partial charge in [-0.1, -0.05) is 30.3 Å². The summed E-state index contributed by atoms with van der Waals surface area (Å²) in [6.45, 7) is 2.63. The molecule has 0 saturated carbocycles. The summed E-state index contributed by atoms with van der Waals surface area (Å²) in [5.74, 6) is 0.0718. The number of benzene rings is 1. The number of para-hydroxylation sites is 1. The molecule has 1 N–H and O–H groups in total. The molecule has 3 nitrogen and oxygen atoms in total. The number of nitrogens with zero attached hydrogens (tertiary/aromatic N) is 1. The number of hydrogen-bond donors (Lipinski definition) is 1. The highest BCUT2D eigenvalue weighted by Crippen LogP contribution is 1.98. The Morgan fingerprint density at radius 3 is 1.80 bits per heavy atom. The Labute approximate surface area is 92.2 Å². The van der Waals surface area contributed by atoms with Crippen LogP contribution in [0.15, 0.2) is 30.3 Å². The van der Waals surface area contributed by atoms with Gasteiger partial charge in [0.25, 0.3) is 0 Å². The second kappa shape index (κ2) is 6.43. The van der Waals surface area contributed by atoms with Gasteiger partial charge in [-0.3, -0.25) is 0 Å². The molecule has 0 amide bonds. The molecule has 0 aliphatic carbocycles. The topological polar surface area (TPSA) is 43.3 Å². The summed E-state index contributed by atoms with van der Waals surface area (Å²) in [7, 11) is 6.19. The highest BCUT2D eigenvalue weighted by Gasteiger charge is 2.09. The molecule has 0 radical (unpaired) electrons. The third-order valence-electron chi connectivity index (χ3n) is 1.56. The van der Waals surface area contributed by atoms with Gasteiger partial charge < -0.3 is 14.7 Å². The predicted octanol–water partition coefficient (Wildman–Crippen LogP) is 0.834. The minimum absolute atomic E-state index is 0.0718. The first-order valence-corrected chi connectivity index (χ1v) is 5.02. The number of hydrogen-bond acceptors (Lipinski definition) is 2. The Hall–Kier alpha value is -1.06. The van der Waals surface area contributed by atoms with Crippen molar-refractivity contribution < 1.29 is 14.7 Å². The van der Waals surface area contributed by atoms with Crippen LogP contribution in [0.4, 0.5) is 0 Å². The lowest BCUT2D eigenvalue weighted by atomic mass is 10.3. The summed E-state index contributed by atoms with van der Waals surface area (Å²) >= 11 is 0. The van der Waals surface area contributed by atoms with Crippen LogP contribution < -0.4 is 5.11 Å². The average molecular weight is 211 g/mol. The van der Waals surface area contributed by atoms with Crippen LogP contribution in [0.25, 0.3) is 0 Å². The number of rotatable bonds is 2. The summed E-state index contributed by atoms with van der Waals surface area (Å²) in [6.07, 6.45) is -0.185. The molecular formula is C12H21NO2. The molecular weight excluding hydrogens is 190 g/mol. The largest absolute Gasteiger partial charge is 0.872 e. The van der Waals surface area contributed by atoms with Crippen LogP contribution in [0, 0.1) is 0 Å². The molecule has 15 heavy (non-hydrogen) atoms. The van der Waals surface area contributed by atoms with Crippen LogP contribution in [0.5, 0.6) is 5.75 Å². The van der Waals surface area contributed by atoms with Crippen molar-refractivity contribution in [1.82, 2.24) is 0 Å². The Morgan fingerprint density at radius 2 is 1.67 bits per heavy atom. The van der Waals surface area contributed by atoms with Crippen molar-refractivity contribution in [3.63, 3.8) is 0 Å². The molecule has 0 heterocycles. The second-order valence-corrected chi connectivity index (χ2v) is 4.63. The lowest BCUT2D eigenvalue weighted by Gasteiger charge is -2.24. The highest BCUT2D eigenvalue weighted by atomic mass is 16.3. The van der Waals surface area contributed by atoms with Gasteiger partial charge in [-0.15, -0.1) is 5.75 Å². The summed E-state index contributed by atoms with van der Waals surface area (Å²) in [4.78, 5) is 0. The second-order valence-electron chi connectivity index (χ2n) is 4.63. The van der Waals surface area contributed by atoms with Crippen molar-refractivity contribution in [1.29, 1.82) is 0 Å². The van der Waals surface area contributed by atoms with Crippen molar-refractivity contribution in [2.45, 2.75) is 13.0 Å². The number of aliphatic hydroxyl groups is 1. The Bertz CT molecular complexity index is 252. The van der Waals surface area contributed by atoms with E-state index in [4.69, 9.17) is 5.11 Å². The zero-order chi connectivity index (χ0) is 11.9. The molecule has 1 rings (SSSR count). The number of quaternary nitrogens is 1. The first-order chi connectivity index (χ1) is 6.81. The van der Waals surface area contributed by atoms with E-state index in [0.717, 1.165) is 11.0 Å². The molecule has 1 atom stereocenters. The molecule has 0 saturated heterocycles. The van der Waals surface area contributed by atoms with Crippen LogP contribution in [-0.2, 0) is 0 Å². The predicted molar refractivity (Wildman–Crippen MR) is 60.5 cm³/mol. The van der Waals surface area contributed by atoms with Gasteiger partial charge in [-0.2, -0.15) is 0 Å². The van der Waals surface area contributed by atoms with Crippen molar-refractivity contribution in [2.24, 2.45) is 0 Å². The number of aliphatic hydroxyl groups excluding tert-OH is 1. The molecule has 86 valence electrons. The first kappa shape index (κ1) is 13.9. The monoisotopic (exact) mass is 211 g/mol. The summed E-state index contributed by atoms with van der Waals surface area (Å²) in [5, 5.41) is 19.1. The van der Waals surface area contributed by atoms with E-state index in [9.17, 15) is 5.11 Å². The van der Waals surface area contributed by atoms with E-state index in [1.165, 1.54) is 12.1 Å². The van der Waals surface area contributed by atoms with E-state index < -0.39 is 0 Å². The van der Waals surface area contributed by atoms with Gasteiger partial charge in [-0.05, 0) is 6.92 Å². The molecule has 0 bridgehead atoms. The summed E-state index contributed by atoms with van der Waals surface area (Å²) in [5.41, 5.74) is 0. The average Bonchev–Trinajstić information content (AvgIpc) is 2.01. The van der Waals surface area contributed by atoms with E-state index in [1.807, 2.05) is 13.0 Å². The van der Waals surface area contributed by atoms with Gasteiger partial charge >= 0.3 is 0 Å². The Morgan fingerprint density at radius 1 is 1.20 bits per heavy atom. The van der Waals surface area contributed by atoms with E-state index in [-0.39, 0.29) is 11.9 Å².